The third kappa shape index (κ3) is 3.42. The van der Waals surface area contributed by atoms with Crippen LogP contribution in [0.2, 0.25) is 10.0 Å². The molecule has 4 atom stereocenters. The average Bonchev–Trinajstić information content (AvgIpc) is 3.17. The average molecular weight is 415 g/mol. The normalized spacial score (nSPS) is 23.5. The summed E-state index contributed by atoms with van der Waals surface area (Å²) >= 11 is 13.0. The quantitative estimate of drug-likeness (QED) is 0.572. The van der Waals surface area contributed by atoms with Crippen LogP contribution in [0.5, 0.6) is 0 Å². The van der Waals surface area contributed by atoms with Crippen LogP contribution in [0.3, 0.4) is 0 Å². The molecule has 4 unspecified atom stereocenters. The zero-order valence-corrected chi connectivity index (χ0v) is 17.5. The number of carbonyl (C=O) groups is 1. The Bertz CT molecular complexity index is 920. The highest BCUT2D eigenvalue weighted by atomic mass is 35.5. The Kier molecular flexibility index (Phi) is 5.39. The first kappa shape index (κ1) is 19.4. The molecule has 1 aliphatic heterocycles. The monoisotopic (exact) mass is 414 g/mol. The molecule has 2 aliphatic rings. The van der Waals surface area contributed by atoms with Crippen LogP contribution >= 0.6 is 23.2 Å². The molecule has 2 aromatic rings. The second-order valence-electron chi connectivity index (χ2n) is 7.70. The van der Waals surface area contributed by atoms with E-state index in [9.17, 15) is 4.79 Å². The van der Waals surface area contributed by atoms with Crippen molar-refractivity contribution in [3.05, 3.63) is 75.3 Å². The minimum atomic E-state index is -0.0213. The second-order valence-corrected chi connectivity index (χ2v) is 8.51. The number of hydrogen-bond donors (Lipinski definition) is 2. The summed E-state index contributed by atoms with van der Waals surface area (Å²) < 4.78 is 0. The molecule has 1 amide bonds. The van der Waals surface area contributed by atoms with Crippen molar-refractivity contribution in [2.75, 3.05) is 5.32 Å². The number of anilines is 1. The van der Waals surface area contributed by atoms with Gasteiger partial charge in [-0.1, -0.05) is 48.3 Å². The number of hydrogen-bond acceptors (Lipinski definition) is 2. The van der Waals surface area contributed by atoms with Crippen molar-refractivity contribution < 1.29 is 4.79 Å². The van der Waals surface area contributed by atoms with Crippen molar-refractivity contribution in [1.29, 1.82) is 0 Å². The number of allylic oxidation sites excluding steroid dienone is 2. The number of benzene rings is 2. The van der Waals surface area contributed by atoms with Gasteiger partial charge in [0.25, 0.3) is 5.91 Å². The molecule has 1 aliphatic carbocycles. The molecule has 0 saturated heterocycles. The van der Waals surface area contributed by atoms with Crippen LogP contribution in [-0.4, -0.2) is 11.9 Å². The molecule has 0 radical (unpaired) electrons. The van der Waals surface area contributed by atoms with Gasteiger partial charge in [-0.3, -0.25) is 4.79 Å². The molecule has 0 spiro atoms. The molecule has 28 heavy (non-hydrogen) atoms. The molecule has 2 aromatic carbocycles. The van der Waals surface area contributed by atoms with Gasteiger partial charge in [0.15, 0.2) is 0 Å². The van der Waals surface area contributed by atoms with Gasteiger partial charge in [0.1, 0.15) is 0 Å². The van der Waals surface area contributed by atoms with Gasteiger partial charge in [0.2, 0.25) is 0 Å². The van der Waals surface area contributed by atoms with Gasteiger partial charge in [-0.05, 0) is 61.6 Å². The fourth-order valence-electron chi connectivity index (χ4n) is 4.24. The van der Waals surface area contributed by atoms with Crippen LogP contribution < -0.4 is 10.6 Å². The molecule has 4 rings (SSSR count). The number of halogens is 2. The van der Waals surface area contributed by atoms with Crippen molar-refractivity contribution >= 4 is 34.8 Å². The minimum absolute atomic E-state index is 0.0213. The highest BCUT2D eigenvalue weighted by Crippen LogP contribution is 2.52. The fourth-order valence-corrected chi connectivity index (χ4v) is 4.87. The van der Waals surface area contributed by atoms with E-state index in [-0.39, 0.29) is 23.9 Å². The van der Waals surface area contributed by atoms with Gasteiger partial charge >= 0.3 is 0 Å². The van der Waals surface area contributed by atoms with Gasteiger partial charge in [-0.25, -0.2) is 0 Å². The second kappa shape index (κ2) is 7.81. The summed E-state index contributed by atoms with van der Waals surface area (Å²) in [4.78, 5) is 12.6. The summed E-state index contributed by atoms with van der Waals surface area (Å²) in [6, 6.07) is 11.8. The van der Waals surface area contributed by atoms with E-state index in [4.69, 9.17) is 23.2 Å². The number of carbonyl (C=O) groups excluding carboxylic acids is 1. The molecule has 0 saturated carbocycles. The van der Waals surface area contributed by atoms with Crippen LogP contribution in [0, 0.1) is 5.92 Å². The molecular formula is C23H24Cl2N2O. The Morgan fingerprint density at radius 3 is 2.71 bits per heavy atom. The smallest absolute Gasteiger partial charge is 0.251 e. The third-order valence-corrected chi connectivity index (χ3v) is 6.58. The summed E-state index contributed by atoms with van der Waals surface area (Å²) in [6.07, 6.45) is 6.33. The van der Waals surface area contributed by atoms with Crippen LogP contribution in [0.4, 0.5) is 5.69 Å². The predicted molar refractivity (Wildman–Crippen MR) is 116 cm³/mol. The Balaban J connectivity index is 1.70. The van der Waals surface area contributed by atoms with Gasteiger partial charge in [-0.2, -0.15) is 0 Å². The first-order valence-corrected chi connectivity index (χ1v) is 10.6. The van der Waals surface area contributed by atoms with Crippen molar-refractivity contribution in [2.24, 2.45) is 5.92 Å². The molecule has 3 nitrogen and oxygen atoms in total. The summed E-state index contributed by atoms with van der Waals surface area (Å²) in [6.45, 7) is 4.08. The van der Waals surface area contributed by atoms with Gasteiger partial charge in [-0.15, -0.1) is 0 Å². The fraction of sp³-hybridized carbons (Fsp3) is 0.348. The topological polar surface area (TPSA) is 41.1 Å². The highest BCUT2D eigenvalue weighted by molar-refractivity contribution is 6.36. The maximum absolute atomic E-state index is 12.6. The highest BCUT2D eigenvalue weighted by Gasteiger charge is 2.39. The van der Waals surface area contributed by atoms with Crippen LogP contribution in [0.1, 0.15) is 60.1 Å². The lowest BCUT2D eigenvalue weighted by Crippen LogP contribution is -2.33. The standard InChI is InChI=1S/C23H24Cl2N2O/c1-3-13(2)26-23(28)14-10-11-20-17(12-14)15-6-4-7-16(15)22(27-20)21-18(24)8-5-9-19(21)25/h4-6,8-13,15-16,22,27H,3,7H2,1-2H3,(H,26,28). The summed E-state index contributed by atoms with van der Waals surface area (Å²) in [7, 11) is 0. The van der Waals surface area contributed by atoms with E-state index < -0.39 is 0 Å². The van der Waals surface area contributed by atoms with Crippen molar-refractivity contribution in [3.63, 3.8) is 0 Å². The van der Waals surface area contributed by atoms with E-state index in [1.165, 1.54) is 0 Å². The molecule has 5 heteroatoms. The van der Waals surface area contributed by atoms with E-state index in [0.717, 1.165) is 29.7 Å². The molecular weight excluding hydrogens is 391 g/mol. The van der Waals surface area contributed by atoms with Gasteiger partial charge in [0, 0.05) is 38.8 Å². The van der Waals surface area contributed by atoms with E-state index in [0.29, 0.717) is 21.5 Å². The van der Waals surface area contributed by atoms with Crippen LogP contribution in [0.25, 0.3) is 0 Å². The van der Waals surface area contributed by atoms with Gasteiger partial charge < -0.3 is 10.6 Å². The SMILES string of the molecule is CCC(C)NC(=O)c1ccc2c(c1)C1C=CCC1C(c1c(Cl)cccc1Cl)N2. The first-order valence-electron chi connectivity index (χ1n) is 9.81. The summed E-state index contributed by atoms with van der Waals surface area (Å²) in [5, 5.41) is 8.06. The lowest BCUT2D eigenvalue weighted by molar-refractivity contribution is 0.0939. The zero-order chi connectivity index (χ0) is 19.8. The van der Waals surface area contributed by atoms with Crippen molar-refractivity contribution in [1.82, 2.24) is 5.32 Å². The zero-order valence-electron chi connectivity index (χ0n) is 16.0. The number of rotatable bonds is 4. The van der Waals surface area contributed by atoms with E-state index >= 15 is 0 Å². The molecule has 0 fully saturated rings. The van der Waals surface area contributed by atoms with Crippen molar-refractivity contribution in [3.8, 4) is 0 Å². The Morgan fingerprint density at radius 1 is 1.25 bits per heavy atom. The van der Waals surface area contributed by atoms with Crippen LogP contribution in [-0.2, 0) is 0 Å². The molecule has 0 aromatic heterocycles. The molecule has 0 bridgehead atoms. The molecule has 1 heterocycles. The van der Waals surface area contributed by atoms with Gasteiger partial charge in [0.05, 0.1) is 6.04 Å². The Hall–Kier alpha value is -1.97. The molecule has 2 N–H and O–H groups in total. The largest absolute Gasteiger partial charge is 0.378 e. The number of fused-ring (bicyclic) bond motifs is 3. The predicted octanol–water partition coefficient (Wildman–Crippen LogP) is 6.35. The minimum Gasteiger partial charge on any atom is -0.378 e. The van der Waals surface area contributed by atoms with E-state index in [1.54, 1.807) is 0 Å². The lowest BCUT2D eigenvalue weighted by atomic mass is 9.76. The van der Waals surface area contributed by atoms with Crippen molar-refractivity contribution in [2.45, 2.75) is 44.7 Å². The first-order chi connectivity index (χ1) is 13.5. The summed E-state index contributed by atoms with van der Waals surface area (Å²) in [5.74, 6) is 0.537. The van der Waals surface area contributed by atoms with E-state index in [2.05, 4.69) is 29.7 Å². The summed E-state index contributed by atoms with van der Waals surface area (Å²) in [5.41, 5.74) is 3.85. The van der Waals surface area contributed by atoms with Crippen LogP contribution in [0.15, 0.2) is 48.6 Å². The Labute approximate surface area is 176 Å². The maximum Gasteiger partial charge on any atom is 0.251 e. The van der Waals surface area contributed by atoms with E-state index in [1.807, 2.05) is 43.3 Å². The molecule has 146 valence electrons. The Morgan fingerprint density at radius 2 is 2.00 bits per heavy atom. The number of nitrogens with one attached hydrogen (secondary N) is 2. The number of amides is 1. The third-order valence-electron chi connectivity index (χ3n) is 5.93. The maximum atomic E-state index is 12.6. The lowest BCUT2D eigenvalue weighted by Gasteiger charge is -2.38.